The van der Waals surface area contributed by atoms with E-state index in [2.05, 4.69) is 15.2 Å². The molecular formula is C21H26FN3O7. The average Bonchev–Trinajstić information content (AvgIpc) is 2.77. The first-order chi connectivity index (χ1) is 15.3. The normalized spacial score (nSPS) is 19.0. The van der Waals surface area contributed by atoms with Crippen LogP contribution in [0.4, 0.5) is 10.2 Å². The van der Waals surface area contributed by atoms with E-state index in [4.69, 9.17) is 14.2 Å². The predicted octanol–water partition coefficient (Wildman–Crippen LogP) is 0.884. The van der Waals surface area contributed by atoms with Gasteiger partial charge in [-0.2, -0.15) is 5.10 Å². The second-order valence-corrected chi connectivity index (χ2v) is 7.39. The number of carbonyl (C=O) groups excluding carboxylic acids is 1. The first-order valence-corrected chi connectivity index (χ1v) is 9.89. The standard InChI is InChI=1S/C21H26FN3O7/c1-29-11-21(12-30-2)20(28)19(14-10-13(22)4-5-15(14)32-21)23-16-6-7-17(26)25(24-16)9-8-18(27)31-3/h4-7,10,19-20,28H,8-9,11-12H2,1-3H3,(H,23,24)/t19-,20+/m0/s1. The fourth-order valence-corrected chi connectivity index (χ4v) is 3.67. The molecule has 0 saturated heterocycles. The van der Waals surface area contributed by atoms with Crippen LogP contribution in [0.3, 0.4) is 0 Å². The summed E-state index contributed by atoms with van der Waals surface area (Å²) in [6.07, 6.45) is -1.26. The number of aliphatic hydroxyl groups excluding tert-OH is 1. The van der Waals surface area contributed by atoms with Crippen molar-refractivity contribution in [3.8, 4) is 5.75 Å². The smallest absolute Gasteiger partial charge is 0.307 e. The molecule has 0 aliphatic carbocycles. The molecule has 1 aliphatic heterocycles. The lowest BCUT2D eigenvalue weighted by Crippen LogP contribution is -2.60. The topological polar surface area (TPSA) is 121 Å². The molecule has 0 fully saturated rings. The van der Waals surface area contributed by atoms with Gasteiger partial charge in [-0.3, -0.25) is 9.59 Å². The molecule has 2 atom stereocenters. The highest BCUT2D eigenvalue weighted by atomic mass is 19.1. The number of aromatic nitrogens is 2. The van der Waals surface area contributed by atoms with Crippen molar-refractivity contribution in [2.75, 3.05) is 39.9 Å². The highest BCUT2D eigenvalue weighted by Gasteiger charge is 2.50. The molecule has 174 valence electrons. The number of esters is 1. The number of aliphatic hydroxyl groups is 1. The largest absolute Gasteiger partial charge is 0.479 e. The van der Waals surface area contributed by atoms with Gasteiger partial charge in [-0.15, -0.1) is 0 Å². The summed E-state index contributed by atoms with van der Waals surface area (Å²) in [5.74, 6) is -0.403. The van der Waals surface area contributed by atoms with Crippen LogP contribution in [0.5, 0.6) is 5.75 Å². The number of rotatable bonds is 9. The fraction of sp³-hybridized carbons (Fsp3) is 0.476. The summed E-state index contributed by atoms with van der Waals surface area (Å²) in [6.45, 7) is 0.0198. The maximum atomic E-state index is 14.0. The van der Waals surface area contributed by atoms with Crippen LogP contribution in [0.2, 0.25) is 0 Å². The van der Waals surface area contributed by atoms with Gasteiger partial charge in [0.15, 0.2) is 5.60 Å². The van der Waals surface area contributed by atoms with Gasteiger partial charge in [-0.25, -0.2) is 9.07 Å². The summed E-state index contributed by atoms with van der Waals surface area (Å²) in [5.41, 5.74) is -1.31. The molecule has 0 spiro atoms. The number of aryl methyl sites for hydroxylation is 1. The summed E-state index contributed by atoms with van der Waals surface area (Å²) < 4.78 is 36.3. The quantitative estimate of drug-likeness (QED) is 0.535. The van der Waals surface area contributed by atoms with E-state index in [-0.39, 0.29) is 32.0 Å². The summed E-state index contributed by atoms with van der Waals surface area (Å²) in [5, 5.41) is 18.5. The molecule has 2 N–H and O–H groups in total. The van der Waals surface area contributed by atoms with E-state index in [1.165, 1.54) is 51.7 Å². The Bertz CT molecular complexity index is 1010. The van der Waals surface area contributed by atoms with Crippen molar-refractivity contribution in [3.05, 3.63) is 52.1 Å². The molecule has 1 aliphatic rings. The van der Waals surface area contributed by atoms with E-state index in [1.54, 1.807) is 0 Å². The number of anilines is 1. The number of halogens is 1. The summed E-state index contributed by atoms with van der Waals surface area (Å²) in [6, 6.07) is 5.83. The molecule has 2 heterocycles. The van der Waals surface area contributed by atoms with E-state index >= 15 is 0 Å². The van der Waals surface area contributed by atoms with Crippen LogP contribution in [0.1, 0.15) is 18.0 Å². The Balaban J connectivity index is 1.97. The summed E-state index contributed by atoms with van der Waals surface area (Å²) in [4.78, 5) is 23.5. The van der Waals surface area contributed by atoms with Crippen LogP contribution in [-0.2, 0) is 25.5 Å². The maximum Gasteiger partial charge on any atom is 0.307 e. The maximum absolute atomic E-state index is 14.0. The average molecular weight is 451 g/mol. The minimum absolute atomic E-state index is 0.00303. The van der Waals surface area contributed by atoms with E-state index in [0.29, 0.717) is 11.3 Å². The fourth-order valence-electron chi connectivity index (χ4n) is 3.67. The molecule has 10 nitrogen and oxygen atoms in total. The number of hydrogen-bond donors (Lipinski definition) is 2. The molecule has 0 radical (unpaired) electrons. The first-order valence-electron chi connectivity index (χ1n) is 9.89. The molecule has 11 heteroatoms. The summed E-state index contributed by atoms with van der Waals surface area (Å²) in [7, 11) is 4.19. The van der Waals surface area contributed by atoms with Gasteiger partial charge in [0, 0.05) is 25.8 Å². The molecule has 0 saturated carbocycles. The molecular weight excluding hydrogens is 425 g/mol. The van der Waals surface area contributed by atoms with Gasteiger partial charge in [0.1, 0.15) is 23.5 Å². The number of hydrogen-bond acceptors (Lipinski definition) is 9. The predicted molar refractivity (Wildman–Crippen MR) is 111 cm³/mol. The lowest BCUT2D eigenvalue weighted by molar-refractivity contribution is -0.142. The van der Waals surface area contributed by atoms with E-state index < -0.39 is 35.1 Å². The van der Waals surface area contributed by atoms with Crippen LogP contribution in [0.25, 0.3) is 0 Å². The zero-order valence-corrected chi connectivity index (χ0v) is 18.0. The Morgan fingerprint density at radius 3 is 2.62 bits per heavy atom. The SMILES string of the molecule is COCC1(COC)Oc2ccc(F)cc2[C@H](Nc2ccc(=O)n(CCC(=O)OC)n2)[C@H]1O. The lowest BCUT2D eigenvalue weighted by atomic mass is 9.84. The van der Waals surface area contributed by atoms with Gasteiger partial charge < -0.3 is 29.4 Å². The zero-order valence-electron chi connectivity index (χ0n) is 18.0. The Morgan fingerprint density at radius 2 is 1.97 bits per heavy atom. The Labute approximate surface area is 183 Å². The van der Waals surface area contributed by atoms with Crippen molar-refractivity contribution in [3.63, 3.8) is 0 Å². The molecule has 1 aromatic carbocycles. The number of nitrogens with one attached hydrogen (secondary N) is 1. The van der Waals surface area contributed by atoms with Gasteiger partial charge in [0.05, 0.1) is 39.3 Å². The Kier molecular flexibility index (Phi) is 7.44. The van der Waals surface area contributed by atoms with E-state index in [9.17, 15) is 19.1 Å². The number of carbonyl (C=O) groups is 1. The number of benzene rings is 1. The highest BCUT2D eigenvalue weighted by Crippen LogP contribution is 2.42. The second kappa shape index (κ2) is 10.1. The number of nitrogens with zero attached hydrogens (tertiary/aromatic N) is 2. The van der Waals surface area contributed by atoms with Crippen molar-refractivity contribution in [2.45, 2.75) is 30.7 Å². The van der Waals surface area contributed by atoms with E-state index in [0.717, 1.165) is 4.68 Å². The van der Waals surface area contributed by atoms with Gasteiger partial charge >= 0.3 is 5.97 Å². The van der Waals surface area contributed by atoms with Crippen molar-refractivity contribution >= 4 is 11.8 Å². The van der Waals surface area contributed by atoms with Crippen LogP contribution < -0.4 is 15.6 Å². The minimum Gasteiger partial charge on any atom is -0.479 e. The van der Waals surface area contributed by atoms with Crippen LogP contribution in [0, 0.1) is 5.82 Å². The Morgan fingerprint density at radius 1 is 1.25 bits per heavy atom. The third kappa shape index (κ3) is 4.90. The van der Waals surface area contributed by atoms with Crippen LogP contribution in [-0.4, -0.2) is 67.1 Å². The number of methoxy groups -OCH3 is 3. The summed E-state index contributed by atoms with van der Waals surface area (Å²) >= 11 is 0. The molecule has 3 rings (SSSR count). The van der Waals surface area contributed by atoms with Crippen molar-refractivity contribution in [2.24, 2.45) is 0 Å². The zero-order chi connectivity index (χ0) is 23.3. The highest BCUT2D eigenvalue weighted by molar-refractivity contribution is 5.68. The van der Waals surface area contributed by atoms with Gasteiger partial charge in [0.25, 0.3) is 5.56 Å². The third-order valence-corrected chi connectivity index (χ3v) is 5.18. The van der Waals surface area contributed by atoms with Crippen molar-refractivity contribution < 1.29 is 33.2 Å². The molecule has 0 amide bonds. The van der Waals surface area contributed by atoms with E-state index in [1.807, 2.05) is 0 Å². The first kappa shape index (κ1) is 23.6. The third-order valence-electron chi connectivity index (χ3n) is 5.18. The van der Waals surface area contributed by atoms with Crippen LogP contribution in [0.15, 0.2) is 35.1 Å². The lowest BCUT2D eigenvalue weighted by Gasteiger charge is -2.45. The molecule has 0 bridgehead atoms. The second-order valence-electron chi connectivity index (χ2n) is 7.39. The molecule has 0 unspecified atom stereocenters. The molecule has 32 heavy (non-hydrogen) atoms. The van der Waals surface area contributed by atoms with Gasteiger partial charge in [0.2, 0.25) is 0 Å². The number of ether oxygens (including phenoxy) is 4. The monoisotopic (exact) mass is 451 g/mol. The van der Waals surface area contributed by atoms with Gasteiger partial charge in [-0.1, -0.05) is 0 Å². The van der Waals surface area contributed by atoms with Crippen molar-refractivity contribution in [1.29, 1.82) is 0 Å². The Hall–Kier alpha value is -3.02. The van der Waals surface area contributed by atoms with Crippen molar-refractivity contribution in [1.82, 2.24) is 9.78 Å². The van der Waals surface area contributed by atoms with Crippen LogP contribution >= 0.6 is 0 Å². The number of fused-ring (bicyclic) bond motifs is 1. The molecule has 1 aromatic heterocycles. The molecule has 2 aromatic rings. The van der Waals surface area contributed by atoms with Gasteiger partial charge in [-0.05, 0) is 24.3 Å². The minimum atomic E-state index is -1.27.